The maximum absolute atomic E-state index is 13.8. The van der Waals surface area contributed by atoms with Crippen LogP contribution < -0.4 is 0 Å². The molecule has 0 bridgehead atoms. The molecule has 0 spiro atoms. The molecule has 0 saturated heterocycles. The van der Waals surface area contributed by atoms with Gasteiger partial charge in [0.2, 0.25) is 0 Å². The van der Waals surface area contributed by atoms with Crippen molar-refractivity contribution in [1.29, 1.82) is 0 Å². The van der Waals surface area contributed by atoms with Gasteiger partial charge in [-0.05, 0) is 56.7 Å². The summed E-state index contributed by atoms with van der Waals surface area (Å²) in [4.78, 5) is 0. The van der Waals surface area contributed by atoms with E-state index in [9.17, 15) is 8.60 Å². The van der Waals surface area contributed by atoms with Crippen molar-refractivity contribution in [2.24, 2.45) is 4.40 Å². The maximum Gasteiger partial charge on any atom is 0.144 e. The predicted octanol–water partition coefficient (Wildman–Crippen LogP) is 3.58. The first kappa shape index (κ1) is 13.4. The van der Waals surface area contributed by atoms with Gasteiger partial charge in [0.15, 0.2) is 0 Å². The molecule has 1 saturated carbocycles. The van der Waals surface area contributed by atoms with Gasteiger partial charge in [-0.2, -0.15) is 4.40 Å². The molecular formula is C14H18FNOS. The summed E-state index contributed by atoms with van der Waals surface area (Å²) < 4.78 is 29.1. The number of rotatable bonds is 3. The largest absolute Gasteiger partial charge is 0.234 e. The lowest BCUT2D eigenvalue weighted by Gasteiger charge is -2.12. The summed E-state index contributed by atoms with van der Waals surface area (Å²) in [6.07, 6.45) is 3.65. The lowest BCUT2D eigenvalue weighted by Crippen LogP contribution is -2.19. The van der Waals surface area contributed by atoms with Crippen LogP contribution in [0.4, 0.5) is 4.39 Å². The van der Waals surface area contributed by atoms with Crippen LogP contribution in [-0.2, 0) is 11.0 Å². The number of nitrogens with zero attached hydrogens (tertiary/aromatic N) is 1. The summed E-state index contributed by atoms with van der Waals surface area (Å²) in [6.45, 7) is 5.58. The first-order valence-corrected chi connectivity index (χ1v) is 7.24. The molecule has 0 amide bonds. The zero-order valence-corrected chi connectivity index (χ0v) is 11.8. The van der Waals surface area contributed by atoms with E-state index in [1.165, 1.54) is 12.3 Å². The molecule has 1 aliphatic rings. The van der Waals surface area contributed by atoms with Crippen LogP contribution in [-0.4, -0.2) is 15.2 Å². The minimum absolute atomic E-state index is 0.178. The molecule has 2 nitrogen and oxygen atoms in total. The molecule has 1 fully saturated rings. The highest BCUT2D eigenvalue weighted by Gasteiger charge is 2.26. The molecule has 18 heavy (non-hydrogen) atoms. The lowest BCUT2D eigenvalue weighted by molar-refractivity contribution is 0.610. The lowest BCUT2D eigenvalue weighted by atomic mass is 10.1. The highest BCUT2D eigenvalue weighted by molar-refractivity contribution is 7.85. The van der Waals surface area contributed by atoms with Crippen molar-refractivity contribution in [3.63, 3.8) is 0 Å². The van der Waals surface area contributed by atoms with Crippen LogP contribution in [0.25, 0.3) is 0 Å². The van der Waals surface area contributed by atoms with E-state index in [2.05, 4.69) is 4.40 Å². The number of hydrogen-bond donors (Lipinski definition) is 0. The molecule has 1 aromatic rings. The Morgan fingerprint density at radius 2 is 2.06 bits per heavy atom. The number of hydrogen-bond acceptors (Lipinski definition) is 1. The van der Waals surface area contributed by atoms with Crippen LogP contribution in [0.5, 0.6) is 0 Å². The number of halogens is 1. The summed E-state index contributed by atoms with van der Waals surface area (Å²) in [6, 6.07) is 5.12. The molecule has 0 aliphatic heterocycles. The predicted molar refractivity (Wildman–Crippen MR) is 73.9 cm³/mol. The summed E-state index contributed by atoms with van der Waals surface area (Å²) in [5.74, 6) is 0.225. The van der Waals surface area contributed by atoms with Crippen molar-refractivity contribution in [2.75, 3.05) is 0 Å². The van der Waals surface area contributed by atoms with E-state index in [1.807, 2.05) is 32.9 Å². The van der Waals surface area contributed by atoms with Gasteiger partial charge < -0.3 is 0 Å². The summed E-state index contributed by atoms with van der Waals surface area (Å²) in [5.41, 5.74) is 1.46. The topological polar surface area (TPSA) is 29.4 Å². The first-order chi connectivity index (χ1) is 8.38. The molecule has 0 N–H and O–H groups in total. The Balaban J connectivity index is 2.13. The van der Waals surface area contributed by atoms with Crippen LogP contribution >= 0.6 is 0 Å². The Labute approximate surface area is 110 Å². The van der Waals surface area contributed by atoms with E-state index in [4.69, 9.17) is 0 Å². The van der Waals surface area contributed by atoms with Crippen LogP contribution in [0.3, 0.4) is 0 Å². The third-order valence-electron chi connectivity index (χ3n) is 2.86. The van der Waals surface area contributed by atoms with Gasteiger partial charge in [-0.15, -0.1) is 0 Å². The molecule has 0 aromatic heterocycles. The van der Waals surface area contributed by atoms with E-state index >= 15 is 0 Å². The van der Waals surface area contributed by atoms with Crippen molar-refractivity contribution in [1.82, 2.24) is 0 Å². The van der Waals surface area contributed by atoms with Crippen LogP contribution in [0, 0.1) is 5.82 Å². The zero-order valence-electron chi connectivity index (χ0n) is 10.9. The van der Waals surface area contributed by atoms with Gasteiger partial charge in [-0.3, -0.25) is 0 Å². The molecule has 4 heteroatoms. The van der Waals surface area contributed by atoms with Gasteiger partial charge in [-0.1, -0.05) is 12.1 Å². The molecule has 0 unspecified atom stereocenters. The molecule has 98 valence electrons. The first-order valence-electron chi connectivity index (χ1n) is 6.13. The van der Waals surface area contributed by atoms with E-state index in [-0.39, 0.29) is 10.6 Å². The molecule has 2 rings (SSSR count). The fraction of sp³-hybridized carbons (Fsp3) is 0.500. The second kappa shape index (κ2) is 4.92. The fourth-order valence-electron chi connectivity index (χ4n) is 1.62. The summed E-state index contributed by atoms with van der Waals surface area (Å²) in [5, 5.41) is 0. The van der Waals surface area contributed by atoms with Crippen LogP contribution in [0.1, 0.15) is 50.7 Å². The fourth-order valence-corrected chi connectivity index (χ4v) is 2.15. The Bertz CT molecular complexity index is 501. The van der Waals surface area contributed by atoms with Crippen molar-refractivity contribution < 1.29 is 8.60 Å². The van der Waals surface area contributed by atoms with Crippen molar-refractivity contribution in [3.8, 4) is 0 Å². The SMILES string of the molecule is CC(C)(C)[S@@](=O)N=Cc1ccc(C2CC2)c(F)c1. The standard InChI is InChI=1S/C14H18FNOS/c1-14(2,3)18(17)16-9-10-4-7-12(11-5-6-11)13(15)8-10/h4,7-9,11H,5-6H2,1-3H3/t18-/m1/s1. The average molecular weight is 267 g/mol. The van der Waals surface area contributed by atoms with Gasteiger partial charge >= 0.3 is 0 Å². The van der Waals surface area contributed by atoms with E-state index in [1.54, 1.807) is 0 Å². The number of benzene rings is 1. The zero-order chi connectivity index (χ0) is 13.3. The van der Waals surface area contributed by atoms with Gasteiger partial charge in [-0.25, -0.2) is 8.60 Å². The van der Waals surface area contributed by atoms with Gasteiger partial charge in [0.1, 0.15) is 16.8 Å². The average Bonchev–Trinajstić information content (AvgIpc) is 3.08. The normalized spacial score (nSPS) is 18.2. The second-order valence-electron chi connectivity index (χ2n) is 5.65. The third kappa shape index (κ3) is 3.25. The van der Waals surface area contributed by atoms with E-state index < -0.39 is 11.0 Å². The Morgan fingerprint density at radius 1 is 1.39 bits per heavy atom. The Hall–Kier alpha value is -1.03. The minimum atomic E-state index is -1.30. The van der Waals surface area contributed by atoms with Crippen LogP contribution in [0.2, 0.25) is 0 Å². The quantitative estimate of drug-likeness (QED) is 0.770. The van der Waals surface area contributed by atoms with Crippen molar-refractivity contribution in [3.05, 3.63) is 35.1 Å². The third-order valence-corrected chi connectivity index (χ3v) is 4.21. The molecule has 1 aliphatic carbocycles. The van der Waals surface area contributed by atoms with Crippen LogP contribution in [0.15, 0.2) is 22.6 Å². The second-order valence-corrected chi connectivity index (χ2v) is 7.59. The highest BCUT2D eigenvalue weighted by atomic mass is 32.2. The molecule has 0 heterocycles. The maximum atomic E-state index is 13.8. The highest BCUT2D eigenvalue weighted by Crippen LogP contribution is 2.41. The Morgan fingerprint density at radius 3 is 2.56 bits per heavy atom. The smallest absolute Gasteiger partial charge is 0.144 e. The molecule has 0 radical (unpaired) electrons. The van der Waals surface area contributed by atoms with E-state index in [0.29, 0.717) is 11.5 Å². The molecule has 1 atom stereocenters. The monoisotopic (exact) mass is 267 g/mol. The van der Waals surface area contributed by atoms with Gasteiger partial charge in [0.05, 0.1) is 4.75 Å². The van der Waals surface area contributed by atoms with Gasteiger partial charge in [0, 0.05) is 6.21 Å². The Kier molecular flexibility index (Phi) is 3.66. The summed E-state index contributed by atoms with van der Waals surface area (Å²) >= 11 is 0. The van der Waals surface area contributed by atoms with Gasteiger partial charge in [0.25, 0.3) is 0 Å². The molecule has 1 aromatic carbocycles. The summed E-state index contributed by atoms with van der Waals surface area (Å²) in [7, 11) is -1.30. The van der Waals surface area contributed by atoms with Crippen molar-refractivity contribution >= 4 is 17.2 Å². The van der Waals surface area contributed by atoms with Crippen molar-refractivity contribution in [2.45, 2.75) is 44.3 Å². The molecular weight excluding hydrogens is 249 g/mol. The van der Waals surface area contributed by atoms with E-state index in [0.717, 1.165) is 18.4 Å². The minimum Gasteiger partial charge on any atom is -0.234 e.